The summed E-state index contributed by atoms with van der Waals surface area (Å²) in [4.78, 5) is 11.9. The van der Waals surface area contributed by atoms with Crippen molar-refractivity contribution in [2.24, 2.45) is 0 Å². The topological polar surface area (TPSA) is 47.6 Å². The number of rotatable bonds is 4. The highest BCUT2D eigenvalue weighted by Crippen LogP contribution is 2.39. The minimum Gasteiger partial charge on any atom is -0.484 e. The summed E-state index contributed by atoms with van der Waals surface area (Å²) in [7, 11) is 0. The van der Waals surface area contributed by atoms with Crippen molar-refractivity contribution in [2.45, 2.75) is 50.2 Å². The van der Waals surface area contributed by atoms with Crippen molar-refractivity contribution in [3.8, 4) is 5.75 Å². The first kappa shape index (κ1) is 15.3. The molecule has 1 saturated heterocycles. The number of nitrogens with one attached hydrogen (secondary N) is 1. The van der Waals surface area contributed by atoms with Gasteiger partial charge in [-0.25, -0.2) is 4.39 Å². The molecule has 1 aromatic carbocycles. The summed E-state index contributed by atoms with van der Waals surface area (Å²) in [6.45, 7) is 0.471. The van der Waals surface area contributed by atoms with E-state index in [1.165, 1.54) is 31.4 Å². The van der Waals surface area contributed by atoms with Crippen LogP contribution < -0.4 is 10.1 Å². The Kier molecular flexibility index (Phi) is 4.62. The van der Waals surface area contributed by atoms with Crippen molar-refractivity contribution < 1.29 is 18.7 Å². The van der Waals surface area contributed by atoms with Gasteiger partial charge >= 0.3 is 0 Å². The van der Waals surface area contributed by atoms with Gasteiger partial charge in [0.15, 0.2) is 6.61 Å². The minimum absolute atomic E-state index is 0.0143. The molecule has 2 aliphatic rings. The van der Waals surface area contributed by atoms with Crippen LogP contribution in [0.4, 0.5) is 4.39 Å². The molecule has 1 spiro atoms. The van der Waals surface area contributed by atoms with Gasteiger partial charge in [0.2, 0.25) is 0 Å². The van der Waals surface area contributed by atoms with Crippen LogP contribution in [-0.4, -0.2) is 30.8 Å². The summed E-state index contributed by atoms with van der Waals surface area (Å²) in [6.07, 6.45) is 6.79. The lowest BCUT2D eigenvalue weighted by molar-refractivity contribution is -0.123. The van der Waals surface area contributed by atoms with Crippen LogP contribution in [0.5, 0.6) is 5.75 Å². The van der Waals surface area contributed by atoms with Crippen LogP contribution in [0.25, 0.3) is 0 Å². The van der Waals surface area contributed by atoms with Crippen molar-refractivity contribution in [1.82, 2.24) is 5.32 Å². The van der Waals surface area contributed by atoms with Gasteiger partial charge in [-0.3, -0.25) is 4.79 Å². The molecule has 2 fully saturated rings. The predicted molar refractivity (Wildman–Crippen MR) is 80.2 cm³/mol. The van der Waals surface area contributed by atoms with E-state index in [2.05, 4.69) is 5.32 Å². The molecule has 5 heteroatoms. The molecule has 1 heterocycles. The van der Waals surface area contributed by atoms with Gasteiger partial charge in [-0.05, 0) is 31.4 Å². The molecule has 1 saturated carbocycles. The van der Waals surface area contributed by atoms with Crippen LogP contribution in [0.15, 0.2) is 24.3 Å². The van der Waals surface area contributed by atoms with Crippen molar-refractivity contribution in [3.05, 3.63) is 30.1 Å². The molecule has 3 rings (SSSR count). The molecule has 1 aliphatic heterocycles. The van der Waals surface area contributed by atoms with Gasteiger partial charge in [0.1, 0.15) is 11.6 Å². The highest BCUT2D eigenvalue weighted by molar-refractivity contribution is 5.77. The largest absolute Gasteiger partial charge is 0.484 e. The number of carbonyl (C=O) groups excluding carboxylic acids is 1. The van der Waals surface area contributed by atoms with Gasteiger partial charge in [-0.2, -0.15) is 0 Å². The third-order valence-corrected chi connectivity index (χ3v) is 4.51. The van der Waals surface area contributed by atoms with E-state index in [0.29, 0.717) is 12.4 Å². The first-order valence-electron chi connectivity index (χ1n) is 7.97. The Morgan fingerprint density at radius 2 is 2.18 bits per heavy atom. The first-order valence-corrected chi connectivity index (χ1v) is 7.97. The van der Waals surface area contributed by atoms with Crippen molar-refractivity contribution in [2.75, 3.05) is 13.2 Å². The van der Waals surface area contributed by atoms with Gasteiger partial charge in [0.25, 0.3) is 5.91 Å². The summed E-state index contributed by atoms with van der Waals surface area (Å²) < 4.78 is 24.3. The van der Waals surface area contributed by atoms with Crippen molar-refractivity contribution in [1.29, 1.82) is 0 Å². The molecule has 1 atom stereocenters. The maximum absolute atomic E-state index is 13.0. The molecule has 0 bridgehead atoms. The van der Waals surface area contributed by atoms with Gasteiger partial charge in [0, 0.05) is 6.07 Å². The zero-order valence-corrected chi connectivity index (χ0v) is 12.6. The van der Waals surface area contributed by atoms with Crippen LogP contribution in [0.1, 0.15) is 38.5 Å². The number of halogens is 1. The molecule has 1 aromatic rings. The molecule has 1 amide bonds. The standard InChI is InChI=1S/C17H22FNO3/c18-13-5-4-6-15(9-13)21-12-16(20)19-14-10-17(22-11-14)7-2-1-3-8-17/h4-6,9,14H,1-3,7-8,10-12H2,(H,19,20). The zero-order valence-electron chi connectivity index (χ0n) is 12.6. The Morgan fingerprint density at radius 1 is 1.36 bits per heavy atom. The maximum atomic E-state index is 13.0. The van der Waals surface area contributed by atoms with Gasteiger partial charge < -0.3 is 14.8 Å². The summed E-state index contributed by atoms with van der Waals surface area (Å²) in [5.41, 5.74) is -0.0143. The van der Waals surface area contributed by atoms with Crippen LogP contribution in [0.2, 0.25) is 0 Å². The third kappa shape index (κ3) is 3.77. The summed E-state index contributed by atoms with van der Waals surface area (Å²) in [6, 6.07) is 5.85. The van der Waals surface area contributed by atoms with E-state index in [4.69, 9.17) is 9.47 Å². The second kappa shape index (κ2) is 6.65. The normalized spacial score (nSPS) is 23.4. The number of hydrogen-bond donors (Lipinski definition) is 1. The fourth-order valence-electron chi connectivity index (χ4n) is 3.46. The fraction of sp³-hybridized carbons (Fsp3) is 0.588. The Labute approximate surface area is 130 Å². The molecule has 120 valence electrons. The van der Waals surface area contributed by atoms with E-state index in [1.807, 2.05) is 0 Å². The number of hydrogen-bond acceptors (Lipinski definition) is 3. The SMILES string of the molecule is O=C(COc1cccc(F)c1)NC1COC2(CCCCC2)C1. The van der Waals surface area contributed by atoms with E-state index < -0.39 is 0 Å². The van der Waals surface area contributed by atoms with E-state index in [0.717, 1.165) is 19.3 Å². The van der Waals surface area contributed by atoms with Crippen molar-refractivity contribution >= 4 is 5.91 Å². The summed E-state index contributed by atoms with van der Waals surface area (Å²) in [5.74, 6) is -0.200. The first-order chi connectivity index (χ1) is 10.7. The maximum Gasteiger partial charge on any atom is 0.258 e. The van der Waals surface area contributed by atoms with E-state index in [-0.39, 0.29) is 30.0 Å². The lowest BCUT2D eigenvalue weighted by Gasteiger charge is -2.32. The average molecular weight is 307 g/mol. The molecule has 22 heavy (non-hydrogen) atoms. The monoisotopic (exact) mass is 307 g/mol. The van der Waals surface area contributed by atoms with Crippen LogP contribution >= 0.6 is 0 Å². The van der Waals surface area contributed by atoms with E-state index >= 15 is 0 Å². The van der Waals surface area contributed by atoms with Crippen LogP contribution in [-0.2, 0) is 9.53 Å². The van der Waals surface area contributed by atoms with E-state index in [9.17, 15) is 9.18 Å². The molecule has 0 radical (unpaired) electrons. The van der Waals surface area contributed by atoms with Crippen molar-refractivity contribution in [3.63, 3.8) is 0 Å². The molecular weight excluding hydrogens is 285 g/mol. The third-order valence-electron chi connectivity index (χ3n) is 4.51. The Balaban J connectivity index is 1.44. The lowest BCUT2D eigenvalue weighted by Crippen LogP contribution is -2.39. The second-order valence-electron chi connectivity index (χ2n) is 6.27. The van der Waals surface area contributed by atoms with Crippen LogP contribution in [0, 0.1) is 5.82 Å². The van der Waals surface area contributed by atoms with Crippen LogP contribution in [0.3, 0.4) is 0 Å². The Hall–Kier alpha value is -1.62. The minimum atomic E-state index is -0.374. The van der Waals surface area contributed by atoms with E-state index in [1.54, 1.807) is 12.1 Å². The number of ether oxygens (including phenoxy) is 2. The smallest absolute Gasteiger partial charge is 0.258 e. The fourth-order valence-corrected chi connectivity index (χ4v) is 3.46. The second-order valence-corrected chi connectivity index (χ2v) is 6.27. The highest BCUT2D eigenvalue weighted by Gasteiger charge is 2.41. The molecule has 4 nitrogen and oxygen atoms in total. The summed E-state index contributed by atoms with van der Waals surface area (Å²) in [5, 5.41) is 2.95. The van der Waals surface area contributed by atoms with Gasteiger partial charge in [-0.1, -0.05) is 25.3 Å². The Bertz CT molecular complexity index is 528. The number of carbonyl (C=O) groups is 1. The highest BCUT2D eigenvalue weighted by atomic mass is 19.1. The quantitative estimate of drug-likeness (QED) is 0.930. The molecule has 1 aliphatic carbocycles. The van der Waals surface area contributed by atoms with Gasteiger partial charge in [-0.15, -0.1) is 0 Å². The Morgan fingerprint density at radius 3 is 2.95 bits per heavy atom. The molecular formula is C17H22FNO3. The lowest BCUT2D eigenvalue weighted by atomic mass is 9.82. The van der Waals surface area contributed by atoms with Gasteiger partial charge in [0.05, 0.1) is 18.2 Å². The molecule has 1 N–H and O–H groups in total. The predicted octanol–water partition coefficient (Wildman–Crippen LogP) is 2.81. The zero-order chi connectivity index (χ0) is 15.4. The summed E-state index contributed by atoms with van der Waals surface area (Å²) >= 11 is 0. The molecule has 0 aromatic heterocycles. The number of amides is 1. The average Bonchev–Trinajstić information content (AvgIpc) is 2.88. The number of benzene rings is 1. The molecule has 1 unspecified atom stereocenters.